The number of rotatable bonds is 6. The molecule has 1 aromatic carbocycles. The van der Waals surface area contributed by atoms with Gasteiger partial charge in [-0.2, -0.15) is 0 Å². The van der Waals surface area contributed by atoms with Crippen LogP contribution in [-0.2, 0) is 4.74 Å². The fourth-order valence-corrected chi connectivity index (χ4v) is 2.86. The molecule has 2 rings (SSSR count). The van der Waals surface area contributed by atoms with Crippen LogP contribution in [0.15, 0.2) is 28.1 Å². The van der Waals surface area contributed by atoms with E-state index in [0.29, 0.717) is 6.61 Å². The molecule has 0 aliphatic carbocycles. The first kappa shape index (κ1) is 17.2. The lowest BCUT2D eigenvalue weighted by molar-refractivity contribution is 0.211. The van der Waals surface area contributed by atoms with E-state index in [1.54, 1.807) is 25.6 Å². The maximum Gasteiger partial charge on any atom is 0.183 e. The van der Waals surface area contributed by atoms with Crippen molar-refractivity contribution in [3.63, 3.8) is 0 Å². The number of thiazole rings is 1. The molecule has 0 saturated heterocycles. The molecule has 0 saturated carbocycles. The van der Waals surface area contributed by atoms with Gasteiger partial charge in [0.25, 0.3) is 0 Å². The molecular formula is C13H16BrClN2O2S. The lowest BCUT2D eigenvalue weighted by Crippen LogP contribution is -2.06. The fraction of sp³-hybridized carbons (Fsp3) is 0.308. The van der Waals surface area contributed by atoms with Crippen LogP contribution in [0.3, 0.4) is 0 Å². The van der Waals surface area contributed by atoms with Gasteiger partial charge in [-0.25, -0.2) is 4.98 Å². The van der Waals surface area contributed by atoms with Gasteiger partial charge in [0, 0.05) is 24.6 Å². The molecule has 2 aromatic rings. The number of aromatic nitrogens is 1. The first-order valence-corrected chi connectivity index (χ1v) is 7.44. The first-order valence-electron chi connectivity index (χ1n) is 5.77. The van der Waals surface area contributed by atoms with Crippen LogP contribution in [0.2, 0.25) is 0 Å². The quantitative estimate of drug-likeness (QED) is 0.769. The summed E-state index contributed by atoms with van der Waals surface area (Å²) in [6.45, 7) is 1.43. The fourth-order valence-electron chi connectivity index (χ4n) is 1.57. The summed E-state index contributed by atoms with van der Waals surface area (Å²) in [7, 11) is 3.34. The van der Waals surface area contributed by atoms with Crippen LogP contribution >= 0.6 is 39.7 Å². The Kier molecular flexibility index (Phi) is 7.29. The lowest BCUT2D eigenvalue weighted by Gasteiger charge is -2.04. The van der Waals surface area contributed by atoms with Crippen molar-refractivity contribution in [2.75, 3.05) is 32.7 Å². The van der Waals surface area contributed by atoms with Crippen LogP contribution in [0.1, 0.15) is 0 Å². The summed E-state index contributed by atoms with van der Waals surface area (Å²) in [4.78, 5) is 4.54. The Morgan fingerprint density at radius 2 is 2.15 bits per heavy atom. The highest BCUT2D eigenvalue weighted by Gasteiger charge is 2.07. The highest BCUT2D eigenvalue weighted by molar-refractivity contribution is 9.10. The predicted molar refractivity (Wildman–Crippen MR) is 89.4 cm³/mol. The third-order valence-corrected chi connectivity index (χ3v) is 3.95. The summed E-state index contributed by atoms with van der Waals surface area (Å²) >= 11 is 5.07. The van der Waals surface area contributed by atoms with Crippen LogP contribution in [0.25, 0.3) is 11.3 Å². The zero-order valence-electron chi connectivity index (χ0n) is 11.2. The van der Waals surface area contributed by atoms with Crippen molar-refractivity contribution in [2.45, 2.75) is 0 Å². The summed E-state index contributed by atoms with van der Waals surface area (Å²) in [5.41, 5.74) is 2.01. The topological polar surface area (TPSA) is 43.4 Å². The van der Waals surface area contributed by atoms with E-state index in [1.165, 1.54) is 0 Å². The monoisotopic (exact) mass is 378 g/mol. The van der Waals surface area contributed by atoms with Gasteiger partial charge < -0.3 is 14.8 Å². The largest absolute Gasteiger partial charge is 0.496 e. The molecule has 0 radical (unpaired) electrons. The van der Waals surface area contributed by atoms with Gasteiger partial charge in [0.2, 0.25) is 0 Å². The van der Waals surface area contributed by atoms with Gasteiger partial charge in [-0.1, -0.05) is 0 Å². The molecule has 110 valence electrons. The average Bonchev–Trinajstić information content (AvgIpc) is 2.88. The van der Waals surface area contributed by atoms with Crippen molar-refractivity contribution in [3.8, 4) is 17.0 Å². The van der Waals surface area contributed by atoms with Crippen LogP contribution in [0, 0.1) is 0 Å². The van der Waals surface area contributed by atoms with E-state index in [0.717, 1.165) is 33.2 Å². The SMILES string of the molecule is COCCNc1nc(-c2ccc(OC)c(Br)c2)cs1.Cl. The van der Waals surface area contributed by atoms with Crippen molar-refractivity contribution >= 4 is 44.8 Å². The highest BCUT2D eigenvalue weighted by Crippen LogP contribution is 2.31. The van der Waals surface area contributed by atoms with Crippen LogP contribution < -0.4 is 10.1 Å². The normalized spacial score (nSPS) is 9.95. The number of nitrogens with one attached hydrogen (secondary N) is 1. The Morgan fingerprint density at radius 1 is 1.35 bits per heavy atom. The second-order valence-electron chi connectivity index (χ2n) is 3.81. The zero-order valence-corrected chi connectivity index (χ0v) is 14.4. The molecule has 0 aliphatic rings. The molecule has 0 bridgehead atoms. The second kappa shape index (κ2) is 8.46. The molecule has 1 aromatic heterocycles. The summed E-state index contributed by atoms with van der Waals surface area (Å²) in [5, 5.41) is 6.15. The summed E-state index contributed by atoms with van der Waals surface area (Å²) in [5.74, 6) is 0.817. The van der Waals surface area contributed by atoms with Crippen LogP contribution in [0.4, 0.5) is 5.13 Å². The molecule has 0 atom stereocenters. The third kappa shape index (κ3) is 4.34. The van der Waals surface area contributed by atoms with Gasteiger partial charge in [-0.05, 0) is 34.1 Å². The Morgan fingerprint density at radius 3 is 2.80 bits per heavy atom. The number of anilines is 1. The number of nitrogens with zero attached hydrogens (tertiary/aromatic N) is 1. The van der Waals surface area contributed by atoms with Crippen molar-refractivity contribution in [3.05, 3.63) is 28.1 Å². The number of halogens is 2. The zero-order chi connectivity index (χ0) is 13.7. The van der Waals surface area contributed by atoms with Crippen molar-refractivity contribution in [2.24, 2.45) is 0 Å². The van der Waals surface area contributed by atoms with E-state index < -0.39 is 0 Å². The molecule has 0 spiro atoms. The molecule has 0 aliphatic heterocycles. The summed E-state index contributed by atoms with van der Waals surface area (Å²) < 4.78 is 11.1. The molecule has 7 heteroatoms. The van der Waals surface area contributed by atoms with Gasteiger partial charge in [0.05, 0.1) is 23.9 Å². The molecular weight excluding hydrogens is 364 g/mol. The van der Waals surface area contributed by atoms with E-state index in [9.17, 15) is 0 Å². The van der Waals surface area contributed by atoms with E-state index in [4.69, 9.17) is 9.47 Å². The third-order valence-electron chi connectivity index (χ3n) is 2.53. The minimum absolute atomic E-state index is 0. The van der Waals surface area contributed by atoms with Crippen molar-refractivity contribution in [1.29, 1.82) is 0 Å². The molecule has 0 fully saturated rings. The standard InChI is InChI=1S/C13H15BrN2O2S.ClH/c1-17-6-5-15-13-16-11(8-19-13)9-3-4-12(18-2)10(14)7-9;/h3-4,7-8H,5-6H2,1-2H3,(H,15,16);1H. The highest BCUT2D eigenvalue weighted by atomic mass is 79.9. The number of hydrogen-bond donors (Lipinski definition) is 1. The van der Waals surface area contributed by atoms with Gasteiger partial charge in [0.1, 0.15) is 5.75 Å². The minimum atomic E-state index is 0. The van der Waals surface area contributed by atoms with E-state index in [2.05, 4.69) is 26.2 Å². The molecule has 1 heterocycles. The molecule has 0 unspecified atom stereocenters. The number of benzene rings is 1. The summed E-state index contributed by atoms with van der Waals surface area (Å²) in [6, 6.07) is 5.93. The molecule has 0 amide bonds. The van der Waals surface area contributed by atoms with Crippen molar-refractivity contribution < 1.29 is 9.47 Å². The Hall–Kier alpha value is -0.820. The molecule has 4 nitrogen and oxygen atoms in total. The molecule has 20 heavy (non-hydrogen) atoms. The van der Waals surface area contributed by atoms with Gasteiger partial charge in [-0.3, -0.25) is 0 Å². The number of hydrogen-bond acceptors (Lipinski definition) is 5. The Bertz CT molecular complexity index is 551. The predicted octanol–water partition coefficient (Wildman–Crippen LogP) is 4.06. The summed E-state index contributed by atoms with van der Waals surface area (Å²) in [6.07, 6.45) is 0. The maximum atomic E-state index is 5.22. The van der Waals surface area contributed by atoms with E-state index in [1.807, 2.05) is 23.6 Å². The van der Waals surface area contributed by atoms with Gasteiger partial charge >= 0.3 is 0 Å². The van der Waals surface area contributed by atoms with Gasteiger partial charge in [0.15, 0.2) is 5.13 Å². The van der Waals surface area contributed by atoms with Gasteiger partial charge in [-0.15, -0.1) is 23.7 Å². The second-order valence-corrected chi connectivity index (χ2v) is 5.52. The lowest BCUT2D eigenvalue weighted by atomic mass is 10.2. The van der Waals surface area contributed by atoms with Crippen LogP contribution in [0.5, 0.6) is 5.75 Å². The van der Waals surface area contributed by atoms with E-state index in [-0.39, 0.29) is 12.4 Å². The van der Waals surface area contributed by atoms with Crippen LogP contribution in [-0.4, -0.2) is 32.4 Å². The first-order chi connectivity index (χ1) is 9.24. The maximum absolute atomic E-state index is 5.22. The number of ether oxygens (including phenoxy) is 2. The Balaban J connectivity index is 0.00000200. The average molecular weight is 380 g/mol. The minimum Gasteiger partial charge on any atom is -0.496 e. The smallest absolute Gasteiger partial charge is 0.183 e. The molecule has 1 N–H and O–H groups in total. The van der Waals surface area contributed by atoms with E-state index >= 15 is 0 Å². The number of methoxy groups -OCH3 is 2. The van der Waals surface area contributed by atoms with Crippen molar-refractivity contribution in [1.82, 2.24) is 4.98 Å². The Labute approximate surface area is 137 Å².